The summed E-state index contributed by atoms with van der Waals surface area (Å²) in [4.78, 5) is 11.3. The maximum Gasteiger partial charge on any atom is 0.261 e. The van der Waals surface area contributed by atoms with Crippen LogP contribution < -0.4 is 10.0 Å². The van der Waals surface area contributed by atoms with E-state index < -0.39 is 15.8 Å². The third kappa shape index (κ3) is 3.57. The normalized spacial score (nSPS) is 11.0. The van der Waals surface area contributed by atoms with Crippen molar-refractivity contribution in [2.24, 2.45) is 0 Å². The van der Waals surface area contributed by atoms with Crippen LogP contribution in [0.4, 0.5) is 10.1 Å². The topological polar surface area (TPSA) is 75.3 Å². The molecule has 0 unspecified atom stereocenters. The lowest BCUT2D eigenvalue weighted by atomic mass is 10.2. The van der Waals surface area contributed by atoms with E-state index in [0.29, 0.717) is 5.56 Å². The number of sulfonamides is 1. The predicted molar refractivity (Wildman–Crippen MR) is 77.0 cm³/mol. The number of nitrogens with one attached hydrogen (secondary N) is 2. The number of benzene rings is 2. The Balaban J connectivity index is 2.31. The standard InChI is InChI=1S/C14H13FN2O3S/c1-16-14(18)10-4-2-6-12(8-10)17-21(19,20)13-7-3-5-11(15)9-13/h2-9,17H,1H3,(H,16,18). The molecular formula is C14H13FN2O3S. The average molecular weight is 308 g/mol. The highest BCUT2D eigenvalue weighted by molar-refractivity contribution is 7.92. The Bertz CT molecular complexity index is 775. The van der Waals surface area contributed by atoms with Gasteiger partial charge in [-0.15, -0.1) is 0 Å². The molecule has 2 aromatic rings. The molecule has 5 nitrogen and oxygen atoms in total. The van der Waals surface area contributed by atoms with E-state index in [1.807, 2.05) is 0 Å². The van der Waals surface area contributed by atoms with Gasteiger partial charge in [0, 0.05) is 18.3 Å². The zero-order valence-corrected chi connectivity index (χ0v) is 11.9. The van der Waals surface area contributed by atoms with Crippen molar-refractivity contribution in [3.8, 4) is 0 Å². The maximum absolute atomic E-state index is 13.1. The SMILES string of the molecule is CNC(=O)c1cccc(NS(=O)(=O)c2cccc(F)c2)c1. The van der Waals surface area contributed by atoms with E-state index in [9.17, 15) is 17.6 Å². The summed E-state index contributed by atoms with van der Waals surface area (Å²) >= 11 is 0. The van der Waals surface area contributed by atoms with Gasteiger partial charge in [-0.05, 0) is 36.4 Å². The fraction of sp³-hybridized carbons (Fsp3) is 0.0714. The molecule has 7 heteroatoms. The summed E-state index contributed by atoms with van der Waals surface area (Å²) in [5, 5.41) is 2.44. The van der Waals surface area contributed by atoms with Crippen molar-refractivity contribution in [3.63, 3.8) is 0 Å². The zero-order valence-electron chi connectivity index (χ0n) is 11.1. The molecule has 0 atom stereocenters. The molecule has 0 bridgehead atoms. The Morgan fingerprint density at radius 1 is 1.10 bits per heavy atom. The molecule has 0 heterocycles. The van der Waals surface area contributed by atoms with E-state index in [1.165, 1.54) is 31.3 Å². The lowest BCUT2D eigenvalue weighted by Crippen LogP contribution is -2.18. The highest BCUT2D eigenvalue weighted by Crippen LogP contribution is 2.17. The van der Waals surface area contributed by atoms with E-state index in [0.717, 1.165) is 12.1 Å². The molecule has 2 aromatic carbocycles. The summed E-state index contributed by atoms with van der Waals surface area (Å²) in [6, 6.07) is 10.7. The number of hydrogen-bond donors (Lipinski definition) is 2. The van der Waals surface area contributed by atoms with Crippen molar-refractivity contribution in [1.29, 1.82) is 0 Å². The van der Waals surface area contributed by atoms with Crippen LogP contribution in [0, 0.1) is 5.82 Å². The molecule has 110 valence electrons. The Kier molecular flexibility index (Phi) is 4.23. The largest absolute Gasteiger partial charge is 0.355 e. The monoisotopic (exact) mass is 308 g/mol. The van der Waals surface area contributed by atoms with Gasteiger partial charge in [0.25, 0.3) is 15.9 Å². The summed E-state index contributed by atoms with van der Waals surface area (Å²) in [7, 11) is -2.43. The van der Waals surface area contributed by atoms with Gasteiger partial charge in [0.15, 0.2) is 0 Å². The second kappa shape index (κ2) is 5.92. The molecule has 0 aliphatic heterocycles. The number of anilines is 1. The van der Waals surface area contributed by atoms with E-state index in [-0.39, 0.29) is 16.5 Å². The molecule has 0 radical (unpaired) electrons. The number of halogens is 1. The molecule has 0 aliphatic carbocycles. The van der Waals surface area contributed by atoms with Gasteiger partial charge >= 0.3 is 0 Å². The van der Waals surface area contributed by atoms with E-state index in [4.69, 9.17) is 0 Å². The minimum absolute atomic E-state index is 0.187. The second-order valence-electron chi connectivity index (χ2n) is 4.22. The van der Waals surface area contributed by atoms with Gasteiger partial charge in [0.2, 0.25) is 0 Å². The first-order chi connectivity index (χ1) is 9.92. The van der Waals surface area contributed by atoms with E-state index in [2.05, 4.69) is 10.0 Å². The highest BCUT2D eigenvalue weighted by Gasteiger charge is 2.15. The minimum Gasteiger partial charge on any atom is -0.355 e. The van der Waals surface area contributed by atoms with Gasteiger partial charge in [0.05, 0.1) is 4.90 Å². The van der Waals surface area contributed by atoms with E-state index in [1.54, 1.807) is 12.1 Å². The van der Waals surface area contributed by atoms with Crippen molar-refractivity contribution in [2.45, 2.75) is 4.90 Å². The van der Waals surface area contributed by atoms with Crippen LogP contribution in [0.1, 0.15) is 10.4 Å². The number of amides is 1. The third-order valence-electron chi connectivity index (χ3n) is 2.71. The molecule has 0 saturated heterocycles. The smallest absolute Gasteiger partial charge is 0.261 e. The van der Waals surface area contributed by atoms with Gasteiger partial charge in [-0.2, -0.15) is 0 Å². The molecule has 2 N–H and O–H groups in total. The second-order valence-corrected chi connectivity index (χ2v) is 5.91. The predicted octanol–water partition coefficient (Wildman–Crippen LogP) is 1.99. The number of carbonyl (C=O) groups is 1. The Hall–Kier alpha value is -2.41. The fourth-order valence-electron chi connectivity index (χ4n) is 1.72. The van der Waals surface area contributed by atoms with Crippen molar-refractivity contribution in [1.82, 2.24) is 5.32 Å². The lowest BCUT2D eigenvalue weighted by molar-refractivity contribution is 0.0963. The van der Waals surface area contributed by atoms with Crippen molar-refractivity contribution in [3.05, 3.63) is 59.9 Å². The molecule has 0 saturated carbocycles. The van der Waals surface area contributed by atoms with Gasteiger partial charge < -0.3 is 5.32 Å². The van der Waals surface area contributed by atoms with Crippen LogP contribution in [0.5, 0.6) is 0 Å². The van der Waals surface area contributed by atoms with E-state index >= 15 is 0 Å². The molecule has 21 heavy (non-hydrogen) atoms. The Labute approximate surface area is 121 Å². The molecular weight excluding hydrogens is 295 g/mol. The summed E-state index contributed by atoms with van der Waals surface area (Å²) in [6.07, 6.45) is 0. The fourth-order valence-corrected chi connectivity index (χ4v) is 2.80. The number of hydrogen-bond acceptors (Lipinski definition) is 3. The zero-order chi connectivity index (χ0) is 15.5. The molecule has 0 aromatic heterocycles. The summed E-state index contributed by atoms with van der Waals surface area (Å²) in [5.41, 5.74) is 0.539. The van der Waals surface area contributed by atoms with Crippen LogP contribution in [-0.2, 0) is 10.0 Å². The molecule has 0 fully saturated rings. The molecule has 2 rings (SSSR count). The Morgan fingerprint density at radius 2 is 1.81 bits per heavy atom. The van der Waals surface area contributed by atoms with Gasteiger partial charge in [-0.25, -0.2) is 12.8 Å². The van der Waals surface area contributed by atoms with Crippen molar-refractivity contribution in [2.75, 3.05) is 11.8 Å². The third-order valence-corrected chi connectivity index (χ3v) is 4.09. The van der Waals surface area contributed by atoms with Gasteiger partial charge in [0.1, 0.15) is 5.82 Å². The highest BCUT2D eigenvalue weighted by atomic mass is 32.2. The van der Waals surface area contributed by atoms with Gasteiger partial charge in [-0.1, -0.05) is 12.1 Å². The summed E-state index contributed by atoms with van der Waals surface area (Å²) in [6.45, 7) is 0. The molecule has 0 spiro atoms. The summed E-state index contributed by atoms with van der Waals surface area (Å²) < 4.78 is 39.7. The molecule has 0 aliphatic rings. The van der Waals surface area contributed by atoms with Crippen LogP contribution in [0.2, 0.25) is 0 Å². The maximum atomic E-state index is 13.1. The molecule has 1 amide bonds. The lowest BCUT2D eigenvalue weighted by Gasteiger charge is -2.09. The first-order valence-corrected chi connectivity index (χ1v) is 7.51. The summed E-state index contributed by atoms with van der Waals surface area (Å²) in [5.74, 6) is -0.973. The van der Waals surface area contributed by atoms with Crippen LogP contribution in [0.3, 0.4) is 0 Å². The van der Waals surface area contributed by atoms with Crippen LogP contribution >= 0.6 is 0 Å². The van der Waals surface area contributed by atoms with Crippen molar-refractivity contribution < 1.29 is 17.6 Å². The number of carbonyl (C=O) groups excluding carboxylic acids is 1. The van der Waals surface area contributed by atoms with Gasteiger partial charge in [-0.3, -0.25) is 9.52 Å². The first-order valence-electron chi connectivity index (χ1n) is 6.03. The van der Waals surface area contributed by atoms with Crippen LogP contribution in [-0.4, -0.2) is 21.4 Å². The number of rotatable bonds is 4. The van der Waals surface area contributed by atoms with Crippen molar-refractivity contribution >= 4 is 21.6 Å². The Morgan fingerprint density at radius 3 is 2.48 bits per heavy atom. The van der Waals surface area contributed by atoms with Crippen LogP contribution in [0.15, 0.2) is 53.4 Å². The van der Waals surface area contributed by atoms with Crippen LogP contribution in [0.25, 0.3) is 0 Å². The average Bonchev–Trinajstić information content (AvgIpc) is 2.46. The first kappa shape index (κ1) is 15.0. The minimum atomic E-state index is -3.91. The quantitative estimate of drug-likeness (QED) is 0.907.